The molecule has 2 aliphatic heterocycles. The molecule has 41 heavy (non-hydrogen) atoms. The van der Waals surface area contributed by atoms with Crippen LogP contribution in [0.3, 0.4) is 0 Å². The first-order chi connectivity index (χ1) is 19.7. The molecule has 6 rings (SSSR count). The number of hydrogen-bond acceptors (Lipinski definition) is 8. The van der Waals surface area contributed by atoms with Gasteiger partial charge < -0.3 is 15.0 Å². The van der Waals surface area contributed by atoms with Gasteiger partial charge in [0.2, 0.25) is 10.0 Å². The molecular formula is C29H30N6O5S. The predicted molar refractivity (Wildman–Crippen MR) is 153 cm³/mol. The molecule has 2 amide bonds. The molecule has 4 aromatic rings. The normalized spacial score (nSPS) is 15.9. The zero-order chi connectivity index (χ0) is 28.8. The van der Waals surface area contributed by atoms with Gasteiger partial charge in [0.1, 0.15) is 22.7 Å². The van der Waals surface area contributed by atoms with Crippen LogP contribution in [0.5, 0.6) is 5.75 Å². The minimum absolute atomic E-state index is 0.0203. The van der Waals surface area contributed by atoms with Crippen molar-refractivity contribution < 1.29 is 22.7 Å². The van der Waals surface area contributed by atoms with Gasteiger partial charge in [-0.1, -0.05) is 30.3 Å². The number of nitrogens with zero attached hydrogens (tertiary/aromatic N) is 4. The average molecular weight is 575 g/mol. The SMILES string of the molecule is CCS(=O)(=O)NC(=O)c1cnn2c(Nc3cccc(C)c3)c(C(=O)N3CCC4(CC3)COc3ccccc34)cnc12. The lowest BCUT2D eigenvalue weighted by Crippen LogP contribution is -2.46. The van der Waals surface area contributed by atoms with E-state index in [1.165, 1.54) is 29.4 Å². The minimum atomic E-state index is -3.79. The standard InChI is InChI=1S/C29H30N6O5S/c1-3-41(38,39)33-27(36)21-17-31-35-25(21)30-16-22(26(35)32-20-8-6-7-19(2)15-20)28(37)34-13-11-29(12-14-34)18-40-24-10-5-4-9-23(24)29/h4-10,15-17,32H,3,11-14,18H2,1-2H3,(H,33,36). The Labute approximate surface area is 237 Å². The van der Waals surface area contributed by atoms with Crippen LogP contribution in [0, 0.1) is 6.92 Å². The van der Waals surface area contributed by atoms with Gasteiger partial charge in [0.05, 0.1) is 18.6 Å². The maximum atomic E-state index is 14.0. The van der Waals surface area contributed by atoms with Crippen LogP contribution in [0.4, 0.5) is 11.5 Å². The third kappa shape index (κ3) is 4.88. The summed E-state index contributed by atoms with van der Waals surface area (Å²) in [4.78, 5) is 32.9. The Morgan fingerprint density at radius 2 is 1.83 bits per heavy atom. The second kappa shape index (κ2) is 10.2. The van der Waals surface area contributed by atoms with Crippen molar-refractivity contribution in [2.75, 3.05) is 30.8 Å². The van der Waals surface area contributed by atoms with Gasteiger partial charge in [-0.2, -0.15) is 9.61 Å². The summed E-state index contributed by atoms with van der Waals surface area (Å²) in [5.41, 5.74) is 3.21. The lowest BCUT2D eigenvalue weighted by Gasteiger charge is -2.38. The number of sulfonamides is 1. The Balaban J connectivity index is 1.34. The molecule has 2 aromatic heterocycles. The van der Waals surface area contributed by atoms with Crippen LogP contribution in [0.2, 0.25) is 0 Å². The Morgan fingerprint density at radius 1 is 1.05 bits per heavy atom. The molecule has 2 aromatic carbocycles. The van der Waals surface area contributed by atoms with Crippen LogP contribution < -0.4 is 14.8 Å². The summed E-state index contributed by atoms with van der Waals surface area (Å²) < 4.78 is 33.4. The quantitative estimate of drug-likeness (QED) is 0.358. The second-order valence-electron chi connectivity index (χ2n) is 10.5. The monoisotopic (exact) mass is 574 g/mol. The maximum absolute atomic E-state index is 14.0. The van der Waals surface area contributed by atoms with Crippen molar-refractivity contribution in [3.63, 3.8) is 0 Å². The van der Waals surface area contributed by atoms with E-state index in [1.54, 1.807) is 4.90 Å². The first-order valence-corrected chi connectivity index (χ1v) is 15.1. The van der Waals surface area contributed by atoms with Gasteiger partial charge in [-0.15, -0.1) is 0 Å². The lowest BCUT2D eigenvalue weighted by atomic mass is 9.74. The molecule has 0 aliphatic carbocycles. The number of anilines is 2. The number of hydrogen-bond donors (Lipinski definition) is 2. The number of ether oxygens (including phenoxy) is 1. The third-order valence-corrected chi connectivity index (χ3v) is 9.14. The van der Waals surface area contributed by atoms with Gasteiger partial charge >= 0.3 is 0 Å². The topological polar surface area (TPSA) is 135 Å². The van der Waals surface area contributed by atoms with E-state index in [4.69, 9.17) is 4.74 Å². The summed E-state index contributed by atoms with van der Waals surface area (Å²) in [5.74, 6) is -0.0596. The van der Waals surface area contributed by atoms with E-state index in [2.05, 4.69) is 21.5 Å². The number of benzene rings is 2. The molecule has 212 valence electrons. The Bertz CT molecular complexity index is 1780. The van der Waals surface area contributed by atoms with Gasteiger partial charge in [0, 0.05) is 36.0 Å². The van der Waals surface area contributed by atoms with Crippen LogP contribution in [-0.4, -0.2) is 65.2 Å². The molecule has 0 saturated carbocycles. The van der Waals surface area contributed by atoms with Crippen molar-refractivity contribution in [3.05, 3.63) is 83.2 Å². The number of carbonyl (C=O) groups excluding carboxylic acids is 2. The summed E-state index contributed by atoms with van der Waals surface area (Å²) in [6, 6.07) is 15.7. The van der Waals surface area contributed by atoms with E-state index in [-0.39, 0.29) is 33.8 Å². The van der Waals surface area contributed by atoms with E-state index < -0.39 is 15.9 Å². The van der Waals surface area contributed by atoms with Crippen molar-refractivity contribution >= 4 is 39.0 Å². The fourth-order valence-electron chi connectivity index (χ4n) is 5.54. The largest absolute Gasteiger partial charge is 0.492 e. The molecule has 0 radical (unpaired) electrons. The fourth-order valence-corrected chi connectivity index (χ4v) is 6.08. The summed E-state index contributed by atoms with van der Waals surface area (Å²) in [5, 5.41) is 7.63. The molecule has 1 fully saturated rings. The molecule has 2 N–H and O–H groups in total. The number of fused-ring (bicyclic) bond motifs is 3. The van der Waals surface area contributed by atoms with Gasteiger partial charge in [-0.3, -0.25) is 9.59 Å². The maximum Gasteiger partial charge on any atom is 0.270 e. The van der Waals surface area contributed by atoms with E-state index >= 15 is 0 Å². The first kappa shape index (κ1) is 26.8. The molecular weight excluding hydrogens is 544 g/mol. The Kier molecular flexibility index (Phi) is 6.65. The van der Waals surface area contributed by atoms with Crippen LogP contribution in [0.25, 0.3) is 5.65 Å². The van der Waals surface area contributed by atoms with E-state index in [0.717, 1.165) is 29.8 Å². The molecule has 0 atom stereocenters. The van der Waals surface area contributed by atoms with Crippen LogP contribution >= 0.6 is 0 Å². The number of aromatic nitrogens is 3. The number of para-hydroxylation sites is 1. The number of piperidine rings is 1. The number of carbonyl (C=O) groups is 2. The summed E-state index contributed by atoms with van der Waals surface area (Å²) >= 11 is 0. The molecule has 0 unspecified atom stereocenters. The average Bonchev–Trinajstić information content (AvgIpc) is 3.56. The van der Waals surface area contributed by atoms with Crippen LogP contribution in [0.1, 0.15) is 51.6 Å². The molecule has 0 bridgehead atoms. The van der Waals surface area contributed by atoms with Crippen molar-refractivity contribution in [2.24, 2.45) is 0 Å². The predicted octanol–water partition coefficient (Wildman–Crippen LogP) is 3.43. The highest BCUT2D eigenvalue weighted by Gasteiger charge is 2.44. The number of rotatable bonds is 6. The van der Waals surface area contributed by atoms with Gasteiger partial charge in [0.25, 0.3) is 11.8 Å². The lowest BCUT2D eigenvalue weighted by molar-refractivity contribution is 0.0646. The smallest absolute Gasteiger partial charge is 0.270 e. The zero-order valence-electron chi connectivity index (χ0n) is 22.8. The molecule has 12 heteroatoms. The first-order valence-electron chi connectivity index (χ1n) is 13.5. The van der Waals surface area contributed by atoms with Crippen molar-refractivity contribution in [1.29, 1.82) is 0 Å². The van der Waals surface area contributed by atoms with Crippen molar-refractivity contribution in [3.8, 4) is 5.75 Å². The highest BCUT2D eigenvalue weighted by atomic mass is 32.2. The van der Waals surface area contributed by atoms with Crippen LogP contribution in [0.15, 0.2) is 60.9 Å². The molecule has 4 heterocycles. The highest BCUT2D eigenvalue weighted by Crippen LogP contribution is 2.45. The Hall–Kier alpha value is -4.45. The molecule has 11 nitrogen and oxygen atoms in total. The highest BCUT2D eigenvalue weighted by molar-refractivity contribution is 7.90. The molecule has 2 aliphatic rings. The second-order valence-corrected chi connectivity index (χ2v) is 12.5. The van der Waals surface area contributed by atoms with Gasteiger partial charge in [-0.05, 0) is 50.5 Å². The summed E-state index contributed by atoms with van der Waals surface area (Å²) in [7, 11) is -3.79. The minimum Gasteiger partial charge on any atom is -0.492 e. The van der Waals surface area contributed by atoms with Crippen molar-refractivity contribution in [1.82, 2.24) is 24.2 Å². The van der Waals surface area contributed by atoms with E-state index in [0.29, 0.717) is 25.5 Å². The Morgan fingerprint density at radius 3 is 2.59 bits per heavy atom. The zero-order valence-corrected chi connectivity index (χ0v) is 23.6. The van der Waals surface area contributed by atoms with E-state index in [9.17, 15) is 18.0 Å². The number of likely N-dealkylation sites (tertiary alicyclic amines) is 1. The summed E-state index contributed by atoms with van der Waals surface area (Å²) in [6.45, 7) is 5.08. The third-order valence-electron chi connectivity index (χ3n) is 7.88. The van der Waals surface area contributed by atoms with Gasteiger partial charge in [-0.25, -0.2) is 18.1 Å². The number of aryl methyl sites for hydroxylation is 1. The van der Waals surface area contributed by atoms with E-state index in [1.807, 2.05) is 54.1 Å². The van der Waals surface area contributed by atoms with Crippen LogP contribution in [-0.2, 0) is 15.4 Å². The van der Waals surface area contributed by atoms with Crippen molar-refractivity contribution in [2.45, 2.75) is 32.1 Å². The van der Waals surface area contributed by atoms with Gasteiger partial charge in [0.15, 0.2) is 5.65 Å². The summed E-state index contributed by atoms with van der Waals surface area (Å²) in [6.07, 6.45) is 4.20. The number of nitrogens with one attached hydrogen (secondary N) is 2. The number of amides is 2. The molecule has 1 spiro atoms. The fraction of sp³-hybridized carbons (Fsp3) is 0.310. The molecule has 1 saturated heterocycles.